The van der Waals surface area contributed by atoms with E-state index < -0.39 is 10.8 Å². The van der Waals surface area contributed by atoms with Gasteiger partial charge in [-0.15, -0.1) is 0 Å². The highest BCUT2D eigenvalue weighted by Crippen LogP contribution is 2.30. The smallest absolute Gasteiger partial charge is 0.322 e. The van der Waals surface area contributed by atoms with E-state index in [2.05, 4.69) is 24.3 Å². The zero-order chi connectivity index (χ0) is 15.7. The van der Waals surface area contributed by atoms with E-state index in [0.717, 1.165) is 12.8 Å². The molecule has 0 aliphatic heterocycles. The number of rotatable bonds is 3. The van der Waals surface area contributed by atoms with Crippen molar-refractivity contribution in [3.63, 3.8) is 0 Å². The highest BCUT2D eigenvalue weighted by Gasteiger charge is 2.33. The second-order valence-electron chi connectivity index (χ2n) is 6.01. The topological polar surface area (TPSA) is 90.1 Å². The second kappa shape index (κ2) is 5.83. The maximum Gasteiger partial charge on any atom is 0.322 e. The molecule has 1 fully saturated rings. The summed E-state index contributed by atoms with van der Waals surface area (Å²) in [5, 5.41) is 18.1. The lowest BCUT2D eigenvalue weighted by Crippen LogP contribution is -2.44. The third kappa shape index (κ3) is 2.91. The molecule has 1 N–H and O–H groups in total. The maximum absolute atomic E-state index is 12.4. The summed E-state index contributed by atoms with van der Waals surface area (Å²) in [5.74, 6) is 0.513. The Bertz CT molecular complexity index is 567. The first kappa shape index (κ1) is 15.5. The van der Waals surface area contributed by atoms with E-state index in [1.54, 1.807) is 14.0 Å². The van der Waals surface area contributed by atoms with Crippen LogP contribution in [0.5, 0.6) is 0 Å². The monoisotopic (exact) mass is 294 g/mol. The van der Waals surface area contributed by atoms with Gasteiger partial charge in [0.1, 0.15) is 5.69 Å². The van der Waals surface area contributed by atoms with Crippen molar-refractivity contribution in [1.82, 2.24) is 15.1 Å². The van der Waals surface area contributed by atoms with Gasteiger partial charge >= 0.3 is 5.69 Å². The summed E-state index contributed by atoms with van der Waals surface area (Å²) < 4.78 is 1.29. The van der Waals surface area contributed by atoms with Crippen molar-refractivity contribution in [2.75, 3.05) is 0 Å². The first-order chi connectivity index (χ1) is 9.82. The van der Waals surface area contributed by atoms with Crippen LogP contribution in [0.2, 0.25) is 0 Å². The summed E-state index contributed by atoms with van der Waals surface area (Å²) >= 11 is 0. The minimum absolute atomic E-state index is 0.0305. The Morgan fingerprint density at radius 1 is 1.43 bits per heavy atom. The minimum Gasteiger partial charge on any atom is -0.347 e. The SMILES string of the molecule is Cc1nn(C)c(C(=O)N[C@@H]2CCC[C@@H](C)[C@@H]2C)c1[N+](=O)[O-]. The average molecular weight is 294 g/mol. The van der Waals surface area contributed by atoms with Gasteiger partial charge < -0.3 is 5.32 Å². The molecule has 1 aliphatic rings. The quantitative estimate of drug-likeness (QED) is 0.683. The second-order valence-corrected chi connectivity index (χ2v) is 6.01. The van der Waals surface area contributed by atoms with Crippen LogP contribution < -0.4 is 5.32 Å². The molecule has 0 aromatic carbocycles. The largest absolute Gasteiger partial charge is 0.347 e. The van der Waals surface area contributed by atoms with E-state index >= 15 is 0 Å². The lowest BCUT2D eigenvalue weighted by molar-refractivity contribution is -0.385. The summed E-state index contributed by atoms with van der Waals surface area (Å²) in [6.45, 7) is 5.84. The molecule has 1 aromatic heterocycles. The Balaban J connectivity index is 2.23. The van der Waals surface area contributed by atoms with E-state index in [4.69, 9.17) is 0 Å². The first-order valence-electron chi connectivity index (χ1n) is 7.31. The summed E-state index contributed by atoms with van der Waals surface area (Å²) in [6.07, 6.45) is 3.16. The molecule has 0 spiro atoms. The molecule has 0 radical (unpaired) electrons. The molecule has 1 heterocycles. The van der Waals surface area contributed by atoms with E-state index in [0.29, 0.717) is 11.8 Å². The molecular formula is C14H22N4O3. The van der Waals surface area contributed by atoms with Crippen molar-refractivity contribution < 1.29 is 9.72 Å². The third-order valence-electron chi connectivity index (χ3n) is 4.61. The molecule has 0 bridgehead atoms. The van der Waals surface area contributed by atoms with Crippen molar-refractivity contribution in [1.29, 1.82) is 0 Å². The average Bonchev–Trinajstić information content (AvgIpc) is 2.70. The van der Waals surface area contributed by atoms with Gasteiger partial charge in [0.25, 0.3) is 5.91 Å². The molecule has 7 nitrogen and oxygen atoms in total. The number of carbonyl (C=O) groups is 1. The maximum atomic E-state index is 12.4. The Morgan fingerprint density at radius 3 is 2.71 bits per heavy atom. The van der Waals surface area contributed by atoms with Crippen LogP contribution in [0.25, 0.3) is 0 Å². The van der Waals surface area contributed by atoms with Crippen LogP contribution in [0.1, 0.15) is 49.3 Å². The molecule has 116 valence electrons. The number of nitrogens with one attached hydrogen (secondary N) is 1. The van der Waals surface area contributed by atoms with Gasteiger partial charge in [-0.3, -0.25) is 19.6 Å². The highest BCUT2D eigenvalue weighted by molar-refractivity contribution is 5.97. The summed E-state index contributed by atoms with van der Waals surface area (Å²) in [7, 11) is 1.56. The molecule has 1 aromatic rings. The molecule has 21 heavy (non-hydrogen) atoms. The van der Waals surface area contributed by atoms with Gasteiger partial charge in [-0.25, -0.2) is 0 Å². The molecule has 1 saturated carbocycles. The Morgan fingerprint density at radius 2 is 2.10 bits per heavy atom. The van der Waals surface area contributed by atoms with Crippen molar-refractivity contribution in [3.8, 4) is 0 Å². The van der Waals surface area contributed by atoms with Gasteiger partial charge in [0.2, 0.25) is 5.69 Å². The first-order valence-corrected chi connectivity index (χ1v) is 7.31. The Labute approximate surface area is 123 Å². The molecule has 3 atom stereocenters. The van der Waals surface area contributed by atoms with Crippen LogP contribution in [0.15, 0.2) is 0 Å². The van der Waals surface area contributed by atoms with Crippen LogP contribution in [0, 0.1) is 28.9 Å². The molecular weight excluding hydrogens is 272 g/mol. The standard InChI is InChI=1S/C14H22N4O3/c1-8-6-5-7-11(9(8)2)15-14(19)13-12(18(20)21)10(3)16-17(13)4/h8-9,11H,5-7H2,1-4H3,(H,15,19)/t8-,9+,11-/m1/s1. The number of aryl methyl sites for hydroxylation is 2. The van der Waals surface area contributed by atoms with Gasteiger partial charge in [-0.05, 0) is 25.2 Å². The van der Waals surface area contributed by atoms with E-state index in [-0.39, 0.29) is 23.1 Å². The normalized spacial score (nSPS) is 25.6. The van der Waals surface area contributed by atoms with Gasteiger partial charge in [0.05, 0.1) is 4.92 Å². The van der Waals surface area contributed by atoms with Crippen LogP contribution in [0.4, 0.5) is 5.69 Å². The van der Waals surface area contributed by atoms with E-state index in [9.17, 15) is 14.9 Å². The van der Waals surface area contributed by atoms with Crippen LogP contribution >= 0.6 is 0 Å². The van der Waals surface area contributed by atoms with Crippen molar-refractivity contribution in [2.24, 2.45) is 18.9 Å². The number of hydrogen-bond acceptors (Lipinski definition) is 4. The van der Waals surface area contributed by atoms with Gasteiger partial charge in [-0.2, -0.15) is 5.10 Å². The van der Waals surface area contributed by atoms with Crippen molar-refractivity contribution >= 4 is 11.6 Å². The van der Waals surface area contributed by atoms with Gasteiger partial charge in [0, 0.05) is 13.1 Å². The zero-order valence-electron chi connectivity index (χ0n) is 12.9. The number of nitro groups is 1. The summed E-state index contributed by atoms with van der Waals surface area (Å²) in [4.78, 5) is 23.1. The molecule has 2 rings (SSSR count). The number of carbonyl (C=O) groups excluding carboxylic acids is 1. The van der Waals surface area contributed by atoms with Crippen molar-refractivity contribution in [2.45, 2.75) is 46.1 Å². The minimum atomic E-state index is -0.538. The van der Waals surface area contributed by atoms with Crippen LogP contribution in [-0.4, -0.2) is 26.7 Å². The van der Waals surface area contributed by atoms with Crippen molar-refractivity contribution in [3.05, 3.63) is 21.5 Å². The predicted octanol–water partition coefficient (Wildman–Crippen LogP) is 2.19. The fraction of sp³-hybridized carbons (Fsp3) is 0.714. The highest BCUT2D eigenvalue weighted by atomic mass is 16.6. The van der Waals surface area contributed by atoms with E-state index in [1.165, 1.54) is 11.1 Å². The molecule has 1 aliphatic carbocycles. The Kier molecular flexibility index (Phi) is 4.29. The number of aromatic nitrogens is 2. The number of hydrogen-bond donors (Lipinski definition) is 1. The Hall–Kier alpha value is -1.92. The summed E-state index contributed by atoms with van der Waals surface area (Å²) in [6, 6.07) is 0.0658. The summed E-state index contributed by atoms with van der Waals surface area (Å²) in [5.41, 5.74) is 0.0900. The lowest BCUT2D eigenvalue weighted by atomic mass is 9.78. The number of amides is 1. The molecule has 7 heteroatoms. The zero-order valence-corrected chi connectivity index (χ0v) is 12.9. The molecule has 0 saturated heterocycles. The van der Waals surface area contributed by atoms with Gasteiger partial charge in [0.15, 0.2) is 0 Å². The van der Waals surface area contributed by atoms with Gasteiger partial charge in [-0.1, -0.05) is 26.7 Å². The van der Waals surface area contributed by atoms with E-state index in [1.807, 2.05) is 0 Å². The lowest BCUT2D eigenvalue weighted by Gasteiger charge is -2.34. The fourth-order valence-electron chi connectivity index (χ4n) is 3.14. The molecule has 1 amide bonds. The third-order valence-corrected chi connectivity index (χ3v) is 4.61. The predicted molar refractivity (Wildman–Crippen MR) is 78.0 cm³/mol. The number of nitrogens with zero attached hydrogens (tertiary/aromatic N) is 3. The fourth-order valence-corrected chi connectivity index (χ4v) is 3.14. The van der Waals surface area contributed by atoms with Crippen LogP contribution in [0.3, 0.4) is 0 Å². The van der Waals surface area contributed by atoms with Crippen LogP contribution in [-0.2, 0) is 7.05 Å². The molecule has 0 unspecified atom stereocenters.